The Kier molecular flexibility index (Phi) is 5.43. The minimum Gasteiger partial charge on any atom is -0.334 e. The number of sulfonamides is 2. The maximum Gasteiger partial charge on any atom is 0.262 e. The number of nitrogens with zero attached hydrogens (tertiary/aromatic N) is 6. The summed E-state index contributed by atoms with van der Waals surface area (Å²) in [6.45, 7) is 4.98. The molecule has 1 aliphatic rings. The van der Waals surface area contributed by atoms with Gasteiger partial charge in [0.05, 0.1) is 6.20 Å². The second kappa shape index (κ2) is 7.34. The first kappa shape index (κ1) is 20.0. The van der Waals surface area contributed by atoms with E-state index in [-0.39, 0.29) is 36.1 Å². The Balaban J connectivity index is 1.80. The van der Waals surface area contributed by atoms with Crippen molar-refractivity contribution in [1.29, 1.82) is 0 Å². The number of hydrogen-bond donors (Lipinski definition) is 0. The first-order chi connectivity index (χ1) is 12.7. The summed E-state index contributed by atoms with van der Waals surface area (Å²) in [4.78, 5) is 4.28. The van der Waals surface area contributed by atoms with Crippen LogP contribution < -0.4 is 0 Å². The van der Waals surface area contributed by atoms with Crippen molar-refractivity contribution in [1.82, 2.24) is 27.9 Å². The van der Waals surface area contributed by atoms with Gasteiger partial charge >= 0.3 is 0 Å². The highest BCUT2D eigenvalue weighted by Gasteiger charge is 2.33. The Hall–Kier alpha value is -1.76. The van der Waals surface area contributed by atoms with Gasteiger partial charge in [0.1, 0.15) is 10.7 Å². The molecule has 2 aromatic rings. The first-order valence-electron chi connectivity index (χ1n) is 8.69. The van der Waals surface area contributed by atoms with Crippen molar-refractivity contribution in [3.63, 3.8) is 0 Å². The molecule has 1 aliphatic heterocycles. The van der Waals surface area contributed by atoms with Crippen molar-refractivity contribution in [3.8, 4) is 0 Å². The molecular weight excluding hydrogens is 392 g/mol. The quantitative estimate of drug-likeness (QED) is 0.680. The summed E-state index contributed by atoms with van der Waals surface area (Å²) in [5.41, 5.74) is 0. The van der Waals surface area contributed by atoms with Gasteiger partial charge in [0.2, 0.25) is 10.0 Å². The lowest BCUT2D eigenvalue weighted by molar-refractivity contribution is 0.403. The zero-order valence-electron chi connectivity index (χ0n) is 15.6. The lowest BCUT2D eigenvalue weighted by Crippen LogP contribution is -2.37. The van der Waals surface area contributed by atoms with Crippen LogP contribution in [0, 0.1) is 6.92 Å². The summed E-state index contributed by atoms with van der Waals surface area (Å²) in [7, 11) is -5.81. The highest BCUT2D eigenvalue weighted by Crippen LogP contribution is 2.21. The maximum absolute atomic E-state index is 12.9. The van der Waals surface area contributed by atoms with Crippen molar-refractivity contribution in [2.75, 3.05) is 26.2 Å². The largest absolute Gasteiger partial charge is 0.334 e. The van der Waals surface area contributed by atoms with Crippen molar-refractivity contribution in [3.05, 3.63) is 24.4 Å². The molecule has 0 aromatic carbocycles. The van der Waals surface area contributed by atoms with Gasteiger partial charge in [-0.25, -0.2) is 21.8 Å². The summed E-state index contributed by atoms with van der Waals surface area (Å²) in [6.07, 6.45) is 4.68. The molecule has 150 valence electrons. The number of rotatable bonds is 5. The third-order valence-corrected chi connectivity index (χ3v) is 8.25. The summed E-state index contributed by atoms with van der Waals surface area (Å²) in [5, 5.41) is 3.91. The van der Waals surface area contributed by atoms with Crippen LogP contribution in [0.15, 0.2) is 28.5 Å². The molecule has 0 saturated carbocycles. The van der Waals surface area contributed by atoms with E-state index in [1.807, 2.05) is 6.92 Å². The summed E-state index contributed by atoms with van der Waals surface area (Å²) in [6, 6.07) is 0. The van der Waals surface area contributed by atoms with E-state index in [0.717, 1.165) is 0 Å². The summed E-state index contributed by atoms with van der Waals surface area (Å²) >= 11 is 0. The van der Waals surface area contributed by atoms with Crippen LogP contribution in [0.3, 0.4) is 0 Å². The smallest absolute Gasteiger partial charge is 0.262 e. The normalized spacial score (nSPS) is 17.9. The average molecular weight is 417 g/mol. The van der Waals surface area contributed by atoms with Crippen LogP contribution in [0.5, 0.6) is 0 Å². The predicted octanol–water partition coefficient (Wildman–Crippen LogP) is 0.0302. The standard InChI is InChI=1S/C15H24N6O4S2/c1-4-19-12-15(17-13(19)2)27(24,25)21-7-5-6-20(8-9-21)26(22,23)14-10-16-18(3)11-14/h10-12H,4-9H2,1-3H3. The molecule has 3 heterocycles. The van der Waals surface area contributed by atoms with E-state index in [1.165, 1.54) is 31.9 Å². The van der Waals surface area contributed by atoms with E-state index in [2.05, 4.69) is 10.1 Å². The molecule has 12 heteroatoms. The fraction of sp³-hybridized carbons (Fsp3) is 0.600. The van der Waals surface area contributed by atoms with E-state index in [4.69, 9.17) is 0 Å². The van der Waals surface area contributed by atoms with Gasteiger partial charge in [-0.2, -0.15) is 13.7 Å². The lowest BCUT2D eigenvalue weighted by atomic mass is 10.4. The number of imidazole rings is 1. The number of hydrogen-bond acceptors (Lipinski definition) is 6. The van der Waals surface area contributed by atoms with E-state index in [9.17, 15) is 16.8 Å². The molecule has 0 N–H and O–H groups in total. The zero-order valence-corrected chi connectivity index (χ0v) is 17.2. The molecule has 0 radical (unpaired) electrons. The summed E-state index contributed by atoms with van der Waals surface area (Å²) < 4.78 is 57.2. The molecule has 27 heavy (non-hydrogen) atoms. The van der Waals surface area contributed by atoms with Crippen LogP contribution in [0.2, 0.25) is 0 Å². The van der Waals surface area contributed by atoms with E-state index in [0.29, 0.717) is 18.8 Å². The molecule has 1 saturated heterocycles. The second-order valence-corrected chi connectivity index (χ2v) is 10.2. The molecule has 0 bridgehead atoms. The third kappa shape index (κ3) is 3.79. The third-order valence-electron chi connectivity index (χ3n) is 4.63. The van der Waals surface area contributed by atoms with Crippen LogP contribution in [0.1, 0.15) is 19.2 Å². The molecule has 0 spiro atoms. The molecule has 3 rings (SSSR count). The molecule has 1 fully saturated rings. The minimum atomic E-state index is -3.76. The molecule has 10 nitrogen and oxygen atoms in total. The van der Waals surface area contributed by atoms with E-state index >= 15 is 0 Å². The number of aromatic nitrogens is 4. The van der Waals surface area contributed by atoms with Crippen LogP contribution in [-0.4, -0.2) is 71.0 Å². The monoisotopic (exact) mass is 416 g/mol. The molecule has 2 aromatic heterocycles. The Morgan fingerprint density at radius 1 is 1.00 bits per heavy atom. The van der Waals surface area contributed by atoms with E-state index < -0.39 is 20.0 Å². The molecular formula is C15H24N6O4S2. The van der Waals surface area contributed by atoms with E-state index in [1.54, 1.807) is 18.5 Å². The highest BCUT2D eigenvalue weighted by molar-refractivity contribution is 7.89. The van der Waals surface area contributed by atoms with Crippen molar-refractivity contribution >= 4 is 20.0 Å². The average Bonchev–Trinajstić information content (AvgIpc) is 3.12. The van der Waals surface area contributed by atoms with Gasteiger partial charge in [0.15, 0.2) is 5.03 Å². The minimum absolute atomic E-state index is 0.00502. The SMILES string of the molecule is CCn1cc(S(=O)(=O)N2CCCN(S(=O)(=O)c3cnn(C)c3)CC2)nc1C. The van der Waals surface area contributed by atoms with Crippen LogP contribution in [0.4, 0.5) is 0 Å². The molecule has 0 atom stereocenters. The van der Waals surface area contributed by atoms with Crippen molar-refractivity contribution in [2.24, 2.45) is 7.05 Å². The Morgan fingerprint density at radius 2 is 1.63 bits per heavy atom. The van der Waals surface area contributed by atoms with Gasteiger partial charge in [-0.3, -0.25) is 4.68 Å². The topological polar surface area (TPSA) is 110 Å². The highest BCUT2D eigenvalue weighted by atomic mass is 32.2. The fourth-order valence-corrected chi connectivity index (χ4v) is 6.01. The van der Waals surface area contributed by atoms with Crippen LogP contribution in [0.25, 0.3) is 0 Å². The van der Waals surface area contributed by atoms with Gasteiger partial charge in [-0.15, -0.1) is 0 Å². The fourth-order valence-electron chi connectivity index (χ4n) is 3.09. The summed E-state index contributed by atoms with van der Waals surface area (Å²) in [5.74, 6) is 0.631. The van der Waals surface area contributed by atoms with Gasteiger partial charge in [-0.1, -0.05) is 0 Å². The lowest BCUT2D eigenvalue weighted by Gasteiger charge is -2.20. The van der Waals surface area contributed by atoms with Gasteiger partial charge in [0.25, 0.3) is 10.0 Å². The predicted molar refractivity (Wildman–Crippen MR) is 98.0 cm³/mol. The Labute approximate surface area is 159 Å². The maximum atomic E-state index is 12.9. The number of aryl methyl sites for hydroxylation is 3. The van der Waals surface area contributed by atoms with Crippen molar-refractivity contribution < 1.29 is 16.8 Å². The zero-order chi connectivity index (χ0) is 19.8. The Morgan fingerprint density at radius 3 is 2.15 bits per heavy atom. The van der Waals surface area contributed by atoms with Gasteiger partial charge in [-0.05, 0) is 20.3 Å². The first-order valence-corrected chi connectivity index (χ1v) is 11.6. The van der Waals surface area contributed by atoms with Crippen LogP contribution >= 0.6 is 0 Å². The van der Waals surface area contributed by atoms with Crippen LogP contribution in [-0.2, 0) is 33.6 Å². The van der Waals surface area contributed by atoms with Gasteiger partial charge in [0, 0.05) is 52.2 Å². The molecule has 0 unspecified atom stereocenters. The second-order valence-electron chi connectivity index (χ2n) is 6.42. The van der Waals surface area contributed by atoms with Crippen molar-refractivity contribution in [2.45, 2.75) is 36.7 Å². The van der Waals surface area contributed by atoms with Gasteiger partial charge < -0.3 is 4.57 Å². The molecule has 0 amide bonds. The molecule has 0 aliphatic carbocycles. The Bertz CT molecular complexity index is 1020.